The van der Waals surface area contributed by atoms with E-state index in [1.54, 1.807) is 25.3 Å². The average molecular weight is 358 g/mol. The Morgan fingerprint density at radius 3 is 2.54 bits per heavy atom. The van der Waals surface area contributed by atoms with Crippen molar-refractivity contribution in [2.45, 2.75) is 12.5 Å². The third kappa shape index (κ3) is 4.96. The molecule has 1 unspecified atom stereocenters. The average Bonchev–Trinajstić information content (AvgIpc) is 2.68. The van der Waals surface area contributed by atoms with Gasteiger partial charge in [-0.05, 0) is 36.9 Å². The Morgan fingerprint density at radius 2 is 1.81 bits per heavy atom. The van der Waals surface area contributed by atoms with Gasteiger partial charge in [0.15, 0.2) is 11.6 Å². The van der Waals surface area contributed by atoms with Crippen LogP contribution in [-0.2, 0) is 0 Å². The molecule has 1 fully saturated rings. The zero-order chi connectivity index (χ0) is 18.4. The first-order valence-electron chi connectivity index (χ1n) is 9.12. The van der Waals surface area contributed by atoms with Crippen molar-refractivity contribution in [2.24, 2.45) is 0 Å². The Labute approximate surface area is 155 Å². The fourth-order valence-electron chi connectivity index (χ4n) is 3.20. The Bertz CT molecular complexity index is 702. The summed E-state index contributed by atoms with van der Waals surface area (Å²) in [6.07, 6.45) is 0.576. The molecule has 0 aromatic heterocycles. The first-order valence-corrected chi connectivity index (χ1v) is 9.12. The second-order valence-electron chi connectivity index (χ2n) is 6.75. The van der Waals surface area contributed by atoms with Crippen LogP contribution in [0.3, 0.4) is 0 Å². The van der Waals surface area contributed by atoms with Crippen LogP contribution in [0.4, 0.5) is 4.39 Å². The highest BCUT2D eigenvalue weighted by molar-refractivity contribution is 5.31. The lowest BCUT2D eigenvalue weighted by Gasteiger charge is -2.33. The molecule has 4 nitrogen and oxygen atoms in total. The lowest BCUT2D eigenvalue weighted by Crippen LogP contribution is -2.45. The summed E-state index contributed by atoms with van der Waals surface area (Å²) in [7, 11) is 3.80. The van der Waals surface area contributed by atoms with E-state index in [9.17, 15) is 4.39 Å². The molecule has 0 saturated carbocycles. The van der Waals surface area contributed by atoms with Crippen LogP contribution in [0.2, 0.25) is 0 Å². The van der Waals surface area contributed by atoms with E-state index in [0.717, 1.165) is 50.5 Å². The number of hydrogen-bond donors (Lipinski definition) is 0. The van der Waals surface area contributed by atoms with Crippen molar-refractivity contribution in [1.82, 2.24) is 9.80 Å². The molecular formula is C21H27FN2O2. The minimum absolute atomic E-state index is 0.221. The monoisotopic (exact) mass is 358 g/mol. The van der Waals surface area contributed by atoms with Crippen LogP contribution in [-0.4, -0.2) is 56.7 Å². The number of para-hydroxylation sites is 1. The number of hydrogen-bond acceptors (Lipinski definition) is 4. The Hall–Kier alpha value is -2.11. The van der Waals surface area contributed by atoms with Gasteiger partial charge in [0.25, 0.3) is 0 Å². The van der Waals surface area contributed by atoms with E-state index in [4.69, 9.17) is 9.47 Å². The van der Waals surface area contributed by atoms with Gasteiger partial charge in [-0.25, -0.2) is 4.39 Å². The highest BCUT2D eigenvalue weighted by atomic mass is 19.1. The van der Waals surface area contributed by atoms with E-state index < -0.39 is 0 Å². The first kappa shape index (κ1) is 18.7. The largest absolute Gasteiger partial charge is 0.497 e. The molecule has 2 aromatic carbocycles. The molecule has 1 heterocycles. The molecule has 0 amide bonds. The van der Waals surface area contributed by atoms with Gasteiger partial charge in [-0.3, -0.25) is 0 Å². The Balaban J connectivity index is 1.73. The number of likely N-dealkylation sites (N-methyl/N-ethyl adjacent to an activating group) is 1. The van der Waals surface area contributed by atoms with Crippen molar-refractivity contribution in [3.63, 3.8) is 0 Å². The molecule has 140 valence electrons. The van der Waals surface area contributed by atoms with Crippen molar-refractivity contribution in [3.05, 3.63) is 59.9 Å². The first-order chi connectivity index (χ1) is 12.7. The van der Waals surface area contributed by atoms with Crippen molar-refractivity contribution in [2.75, 3.05) is 46.9 Å². The van der Waals surface area contributed by atoms with Gasteiger partial charge in [-0.1, -0.05) is 24.3 Å². The van der Waals surface area contributed by atoms with E-state index in [-0.39, 0.29) is 11.9 Å². The van der Waals surface area contributed by atoms with Crippen LogP contribution in [0.1, 0.15) is 18.1 Å². The molecule has 1 aliphatic heterocycles. The van der Waals surface area contributed by atoms with Gasteiger partial charge in [0, 0.05) is 39.1 Å². The van der Waals surface area contributed by atoms with Gasteiger partial charge >= 0.3 is 0 Å². The third-order valence-corrected chi connectivity index (χ3v) is 4.87. The summed E-state index contributed by atoms with van der Waals surface area (Å²) < 4.78 is 25.5. The summed E-state index contributed by atoms with van der Waals surface area (Å²) in [4.78, 5) is 4.78. The number of rotatable bonds is 7. The fraction of sp³-hybridized carbons (Fsp3) is 0.429. The van der Waals surface area contributed by atoms with Crippen molar-refractivity contribution < 1.29 is 13.9 Å². The van der Waals surface area contributed by atoms with Gasteiger partial charge in [0.2, 0.25) is 0 Å². The van der Waals surface area contributed by atoms with E-state index in [1.165, 1.54) is 6.07 Å². The van der Waals surface area contributed by atoms with Crippen LogP contribution in [0.15, 0.2) is 48.5 Å². The molecular weight excluding hydrogens is 331 g/mol. The number of halogens is 1. The van der Waals surface area contributed by atoms with Crippen molar-refractivity contribution in [1.29, 1.82) is 0 Å². The molecule has 0 spiro atoms. The summed E-state index contributed by atoms with van der Waals surface area (Å²) >= 11 is 0. The third-order valence-electron chi connectivity index (χ3n) is 4.87. The number of nitrogens with zero attached hydrogens (tertiary/aromatic N) is 2. The van der Waals surface area contributed by atoms with Crippen LogP contribution >= 0.6 is 0 Å². The number of piperazine rings is 1. The molecule has 3 rings (SSSR count). The summed E-state index contributed by atoms with van der Waals surface area (Å²) in [5, 5.41) is 0. The van der Waals surface area contributed by atoms with Crippen LogP contribution in [0.25, 0.3) is 0 Å². The molecule has 5 heteroatoms. The number of ether oxygens (including phenoxy) is 2. The maximum atomic E-state index is 14.1. The second kappa shape index (κ2) is 9.01. The summed E-state index contributed by atoms with van der Waals surface area (Å²) in [6, 6.07) is 14.4. The lowest BCUT2D eigenvalue weighted by molar-refractivity contribution is 0.121. The molecule has 0 radical (unpaired) electrons. The van der Waals surface area contributed by atoms with E-state index in [0.29, 0.717) is 5.75 Å². The van der Waals surface area contributed by atoms with Gasteiger partial charge in [-0.2, -0.15) is 0 Å². The zero-order valence-electron chi connectivity index (χ0n) is 15.5. The molecule has 2 aromatic rings. The van der Waals surface area contributed by atoms with Gasteiger partial charge in [0.1, 0.15) is 11.9 Å². The summed E-state index contributed by atoms with van der Waals surface area (Å²) in [5.74, 6) is 0.739. The smallest absolute Gasteiger partial charge is 0.165 e. The van der Waals surface area contributed by atoms with Crippen LogP contribution in [0, 0.1) is 5.82 Å². The Morgan fingerprint density at radius 1 is 1.04 bits per heavy atom. The molecule has 1 aliphatic rings. The van der Waals surface area contributed by atoms with Crippen molar-refractivity contribution >= 4 is 0 Å². The molecule has 0 N–H and O–H groups in total. The fourth-order valence-corrected chi connectivity index (χ4v) is 3.20. The van der Waals surface area contributed by atoms with E-state index in [2.05, 4.69) is 16.8 Å². The van der Waals surface area contributed by atoms with Crippen LogP contribution in [0.5, 0.6) is 11.5 Å². The molecule has 26 heavy (non-hydrogen) atoms. The minimum atomic E-state index is -0.333. The quantitative estimate of drug-likeness (QED) is 0.755. The molecule has 1 saturated heterocycles. The SMILES string of the molecule is COc1cccc(C(CCN2CCN(C)CC2)Oc2ccccc2F)c1. The maximum Gasteiger partial charge on any atom is 0.165 e. The molecule has 0 bridgehead atoms. The minimum Gasteiger partial charge on any atom is -0.497 e. The summed E-state index contributed by atoms with van der Waals surface area (Å²) in [6.45, 7) is 5.20. The van der Waals surface area contributed by atoms with Gasteiger partial charge < -0.3 is 19.3 Å². The van der Waals surface area contributed by atoms with E-state index in [1.807, 2.05) is 24.3 Å². The molecule has 0 aliphatic carbocycles. The maximum absolute atomic E-state index is 14.1. The van der Waals surface area contributed by atoms with E-state index >= 15 is 0 Å². The van der Waals surface area contributed by atoms with Crippen LogP contribution < -0.4 is 9.47 Å². The van der Waals surface area contributed by atoms with Gasteiger partial charge in [0.05, 0.1) is 7.11 Å². The molecule has 1 atom stereocenters. The van der Waals surface area contributed by atoms with Crippen molar-refractivity contribution in [3.8, 4) is 11.5 Å². The highest BCUT2D eigenvalue weighted by Crippen LogP contribution is 2.29. The highest BCUT2D eigenvalue weighted by Gasteiger charge is 2.20. The topological polar surface area (TPSA) is 24.9 Å². The second-order valence-corrected chi connectivity index (χ2v) is 6.75. The van der Waals surface area contributed by atoms with Gasteiger partial charge in [-0.15, -0.1) is 0 Å². The predicted octanol–water partition coefficient (Wildman–Crippen LogP) is 3.59. The lowest BCUT2D eigenvalue weighted by atomic mass is 10.1. The number of methoxy groups -OCH3 is 1. The predicted molar refractivity (Wildman–Crippen MR) is 101 cm³/mol. The Kier molecular flexibility index (Phi) is 6.47. The standard InChI is InChI=1S/C21H27FN2O2/c1-23-12-14-24(15-13-23)11-10-20(17-6-5-7-18(16-17)25-2)26-21-9-4-3-8-19(21)22/h3-9,16,20H,10-15H2,1-2H3. The summed E-state index contributed by atoms with van der Waals surface area (Å²) in [5.41, 5.74) is 1.00. The number of benzene rings is 2. The zero-order valence-corrected chi connectivity index (χ0v) is 15.5. The normalized spacial score (nSPS) is 17.0.